The minimum absolute atomic E-state index is 0.431. The Labute approximate surface area is 71.9 Å². The fourth-order valence-corrected chi connectivity index (χ4v) is 0.488. The lowest BCUT2D eigenvalue weighted by Gasteiger charge is -1.79. The number of aromatic nitrogens is 2. The van der Waals surface area contributed by atoms with Crippen molar-refractivity contribution in [2.45, 2.75) is 13.3 Å². The summed E-state index contributed by atoms with van der Waals surface area (Å²) in [5.41, 5.74) is 0.861. The second-order valence-electron chi connectivity index (χ2n) is 2.03. The number of ether oxygens (including phenoxy) is 1. The van der Waals surface area contributed by atoms with Crippen LogP contribution in [0.1, 0.15) is 12.6 Å². The van der Waals surface area contributed by atoms with Crippen LogP contribution in [-0.2, 0) is 16.0 Å². The van der Waals surface area contributed by atoms with Crippen LogP contribution in [0.25, 0.3) is 0 Å². The molecule has 0 fully saturated rings. The maximum absolute atomic E-state index is 9.82. The highest BCUT2D eigenvalue weighted by molar-refractivity contribution is 5.53. The van der Waals surface area contributed by atoms with Crippen molar-refractivity contribution in [1.82, 2.24) is 10.2 Å². The summed E-state index contributed by atoms with van der Waals surface area (Å²) < 4.78 is 4.54. The molecule has 0 saturated carbocycles. The summed E-state index contributed by atoms with van der Waals surface area (Å²) in [6, 6.07) is 1.77. The Morgan fingerprint density at radius 1 is 1.75 bits per heavy atom. The minimum atomic E-state index is 0.431. The molecule has 0 aromatic carbocycles. The first-order chi connectivity index (χ1) is 5.85. The molecule has 0 radical (unpaired) electrons. The Bertz CT molecular complexity index is 183. The maximum atomic E-state index is 9.82. The number of nitrogens with zero attached hydrogens (tertiary/aromatic N) is 1. The van der Waals surface area contributed by atoms with Crippen molar-refractivity contribution in [3.8, 4) is 0 Å². The summed E-state index contributed by atoms with van der Waals surface area (Å²) in [5, 5.41) is 6.31. The van der Waals surface area contributed by atoms with Crippen molar-refractivity contribution >= 4 is 6.29 Å². The van der Waals surface area contributed by atoms with Crippen LogP contribution in [0, 0.1) is 0 Å². The van der Waals surface area contributed by atoms with Crippen molar-refractivity contribution in [2.75, 3.05) is 13.7 Å². The minimum Gasteiger partial charge on any atom is -0.385 e. The third kappa shape index (κ3) is 5.61. The monoisotopic (exact) mass is 170 g/mol. The van der Waals surface area contributed by atoms with Gasteiger partial charge in [-0.05, 0) is 13.0 Å². The molecule has 0 atom stereocenters. The van der Waals surface area contributed by atoms with Gasteiger partial charge in [-0.1, -0.05) is 0 Å². The molecule has 0 aliphatic carbocycles. The molecule has 1 N–H and O–H groups in total. The van der Waals surface area contributed by atoms with Crippen molar-refractivity contribution in [3.05, 3.63) is 18.0 Å². The standard InChI is InChI=1S/C5H6N2O.C3H8O/c8-4-2-5-1-3-6-7-5;1-3-4-2/h1,3-4H,2H2,(H,6,7);3H2,1-2H3. The van der Waals surface area contributed by atoms with Gasteiger partial charge in [-0.25, -0.2) is 0 Å². The van der Waals surface area contributed by atoms with Gasteiger partial charge in [0, 0.05) is 32.0 Å². The molecule has 0 amide bonds. The molecule has 12 heavy (non-hydrogen) atoms. The molecule has 0 aliphatic rings. The lowest BCUT2D eigenvalue weighted by atomic mass is 10.3. The number of carbonyl (C=O) groups is 1. The summed E-state index contributed by atoms with van der Waals surface area (Å²) >= 11 is 0. The quantitative estimate of drug-likeness (QED) is 0.683. The van der Waals surface area contributed by atoms with Gasteiger partial charge in [0.25, 0.3) is 0 Å². The largest absolute Gasteiger partial charge is 0.385 e. The van der Waals surface area contributed by atoms with Crippen LogP contribution in [0.4, 0.5) is 0 Å². The average Bonchev–Trinajstić information content (AvgIpc) is 2.58. The number of rotatable bonds is 3. The number of H-pyrrole nitrogens is 1. The zero-order valence-corrected chi connectivity index (χ0v) is 7.41. The molecular formula is C8H14N2O2. The SMILES string of the molecule is CCOC.O=CCc1ccn[nH]1. The lowest BCUT2D eigenvalue weighted by Crippen LogP contribution is -1.83. The smallest absolute Gasteiger partial charge is 0.125 e. The van der Waals surface area contributed by atoms with Gasteiger partial charge in [0.15, 0.2) is 0 Å². The maximum Gasteiger partial charge on any atom is 0.125 e. The zero-order chi connectivity index (χ0) is 9.23. The predicted octanol–water partition coefficient (Wildman–Crippen LogP) is 0.804. The highest BCUT2D eigenvalue weighted by Gasteiger charge is 1.87. The van der Waals surface area contributed by atoms with E-state index in [4.69, 9.17) is 0 Å². The molecule has 1 rings (SSSR count). The van der Waals surface area contributed by atoms with Crippen LogP contribution in [0.5, 0.6) is 0 Å². The third-order valence-electron chi connectivity index (χ3n) is 1.15. The molecular weight excluding hydrogens is 156 g/mol. The van der Waals surface area contributed by atoms with Gasteiger partial charge in [0.05, 0.1) is 0 Å². The first-order valence-electron chi connectivity index (χ1n) is 3.76. The van der Waals surface area contributed by atoms with Crippen LogP contribution >= 0.6 is 0 Å². The average molecular weight is 170 g/mol. The van der Waals surface area contributed by atoms with Gasteiger partial charge in [-0.3, -0.25) is 5.10 Å². The van der Waals surface area contributed by atoms with Crippen molar-refractivity contribution in [3.63, 3.8) is 0 Å². The van der Waals surface area contributed by atoms with Gasteiger partial charge in [-0.15, -0.1) is 0 Å². The number of hydrogen-bond donors (Lipinski definition) is 1. The zero-order valence-electron chi connectivity index (χ0n) is 7.41. The van der Waals surface area contributed by atoms with E-state index in [2.05, 4.69) is 14.9 Å². The van der Waals surface area contributed by atoms with E-state index in [1.165, 1.54) is 0 Å². The van der Waals surface area contributed by atoms with Gasteiger partial charge >= 0.3 is 0 Å². The van der Waals surface area contributed by atoms with Crippen molar-refractivity contribution in [1.29, 1.82) is 0 Å². The highest BCUT2D eigenvalue weighted by atomic mass is 16.5. The van der Waals surface area contributed by atoms with Gasteiger partial charge in [0.2, 0.25) is 0 Å². The van der Waals surface area contributed by atoms with Crippen molar-refractivity contribution in [2.24, 2.45) is 0 Å². The summed E-state index contributed by atoms with van der Waals surface area (Å²) in [6.45, 7) is 2.78. The van der Waals surface area contributed by atoms with Crippen LogP contribution in [0.2, 0.25) is 0 Å². The fraction of sp³-hybridized carbons (Fsp3) is 0.500. The summed E-state index contributed by atoms with van der Waals surface area (Å²) in [4.78, 5) is 9.82. The van der Waals surface area contributed by atoms with Crippen molar-refractivity contribution < 1.29 is 9.53 Å². The van der Waals surface area contributed by atoms with Crippen LogP contribution in [0.15, 0.2) is 12.3 Å². The second-order valence-corrected chi connectivity index (χ2v) is 2.03. The fourth-order valence-electron chi connectivity index (χ4n) is 0.488. The van der Waals surface area contributed by atoms with Crippen LogP contribution in [-0.4, -0.2) is 30.2 Å². The van der Waals surface area contributed by atoms with Gasteiger partial charge < -0.3 is 9.53 Å². The normalized spacial score (nSPS) is 8.50. The molecule has 4 heteroatoms. The topological polar surface area (TPSA) is 55.0 Å². The van der Waals surface area contributed by atoms with E-state index in [1.807, 2.05) is 6.92 Å². The number of methoxy groups -OCH3 is 1. The molecule has 1 heterocycles. The lowest BCUT2D eigenvalue weighted by molar-refractivity contribution is -0.107. The van der Waals surface area contributed by atoms with Crippen LogP contribution < -0.4 is 0 Å². The number of carbonyl (C=O) groups excluding carboxylic acids is 1. The first-order valence-corrected chi connectivity index (χ1v) is 3.76. The molecule has 0 saturated heterocycles. The Kier molecular flexibility index (Phi) is 7.17. The molecule has 68 valence electrons. The van der Waals surface area contributed by atoms with E-state index in [9.17, 15) is 4.79 Å². The third-order valence-corrected chi connectivity index (χ3v) is 1.15. The van der Waals surface area contributed by atoms with E-state index in [-0.39, 0.29) is 0 Å². The molecule has 1 aromatic heterocycles. The molecule has 0 spiro atoms. The molecule has 0 aliphatic heterocycles. The van der Waals surface area contributed by atoms with E-state index >= 15 is 0 Å². The van der Waals surface area contributed by atoms with E-state index in [0.29, 0.717) is 6.42 Å². The van der Waals surface area contributed by atoms with E-state index in [1.54, 1.807) is 19.4 Å². The first kappa shape index (κ1) is 10.8. The molecule has 0 unspecified atom stereocenters. The van der Waals surface area contributed by atoms with E-state index < -0.39 is 0 Å². The second kappa shape index (κ2) is 7.94. The number of aromatic amines is 1. The highest BCUT2D eigenvalue weighted by Crippen LogP contribution is 1.88. The Hall–Kier alpha value is -1.16. The molecule has 4 nitrogen and oxygen atoms in total. The molecule has 0 bridgehead atoms. The number of aldehydes is 1. The molecule has 1 aromatic rings. The van der Waals surface area contributed by atoms with E-state index in [0.717, 1.165) is 18.6 Å². The number of hydrogen-bond acceptors (Lipinski definition) is 3. The Balaban J connectivity index is 0.000000261. The Morgan fingerprint density at radius 3 is 2.75 bits per heavy atom. The summed E-state index contributed by atoms with van der Waals surface area (Å²) in [7, 11) is 1.68. The summed E-state index contributed by atoms with van der Waals surface area (Å²) in [5.74, 6) is 0. The van der Waals surface area contributed by atoms with Crippen LogP contribution in [0.3, 0.4) is 0 Å². The predicted molar refractivity (Wildman–Crippen MR) is 45.9 cm³/mol. The van der Waals surface area contributed by atoms with Gasteiger partial charge in [-0.2, -0.15) is 5.10 Å². The van der Waals surface area contributed by atoms with Gasteiger partial charge in [0.1, 0.15) is 6.29 Å². The summed E-state index contributed by atoms with van der Waals surface area (Å²) in [6.07, 6.45) is 2.90. The Morgan fingerprint density at radius 2 is 2.42 bits per heavy atom. The number of nitrogens with one attached hydrogen (secondary N) is 1.